The Morgan fingerprint density at radius 1 is 1.33 bits per heavy atom. The zero-order chi connectivity index (χ0) is 11.4. The molecule has 0 spiro atoms. The summed E-state index contributed by atoms with van der Waals surface area (Å²) in [6.45, 7) is 9.00. The number of rotatable bonds is 4. The van der Waals surface area contributed by atoms with Crippen LogP contribution in [0, 0.1) is 17.8 Å². The second-order valence-corrected chi connectivity index (χ2v) is 5.86. The highest BCUT2D eigenvalue weighted by molar-refractivity contribution is 4.80. The van der Waals surface area contributed by atoms with E-state index in [1.165, 1.54) is 12.8 Å². The minimum atomic E-state index is -0.0594. The van der Waals surface area contributed by atoms with Gasteiger partial charge in [0, 0.05) is 13.1 Å². The molecule has 0 aliphatic heterocycles. The van der Waals surface area contributed by atoms with Crippen molar-refractivity contribution in [3.05, 3.63) is 0 Å². The largest absolute Gasteiger partial charge is 0.393 e. The highest BCUT2D eigenvalue weighted by atomic mass is 16.3. The van der Waals surface area contributed by atoms with Gasteiger partial charge in [-0.1, -0.05) is 20.8 Å². The number of aliphatic hydroxyl groups is 1. The zero-order valence-corrected chi connectivity index (χ0v) is 10.7. The molecule has 2 nitrogen and oxygen atoms in total. The van der Waals surface area contributed by atoms with Crippen LogP contribution >= 0.6 is 0 Å². The highest BCUT2D eigenvalue weighted by Gasteiger charge is 2.27. The summed E-state index contributed by atoms with van der Waals surface area (Å²) in [5.74, 6) is 2.01. The summed E-state index contributed by atoms with van der Waals surface area (Å²) in [6.07, 6.45) is 3.34. The zero-order valence-electron chi connectivity index (χ0n) is 10.7. The van der Waals surface area contributed by atoms with Crippen LogP contribution in [0.5, 0.6) is 0 Å². The second kappa shape index (κ2) is 5.86. The van der Waals surface area contributed by atoms with Crippen LogP contribution < -0.4 is 0 Å². The van der Waals surface area contributed by atoms with Gasteiger partial charge in [0.25, 0.3) is 0 Å². The van der Waals surface area contributed by atoms with Crippen molar-refractivity contribution in [1.82, 2.24) is 4.90 Å². The van der Waals surface area contributed by atoms with Gasteiger partial charge in [0.1, 0.15) is 0 Å². The van der Waals surface area contributed by atoms with Gasteiger partial charge in [-0.15, -0.1) is 0 Å². The van der Waals surface area contributed by atoms with Crippen LogP contribution in [0.1, 0.15) is 40.0 Å². The van der Waals surface area contributed by atoms with Crippen molar-refractivity contribution in [3.63, 3.8) is 0 Å². The molecular weight excluding hydrogens is 186 g/mol. The van der Waals surface area contributed by atoms with Crippen molar-refractivity contribution in [2.45, 2.75) is 46.1 Å². The highest BCUT2D eigenvalue weighted by Crippen LogP contribution is 2.29. The van der Waals surface area contributed by atoms with Crippen molar-refractivity contribution >= 4 is 0 Å². The van der Waals surface area contributed by atoms with Crippen LogP contribution in [0.3, 0.4) is 0 Å². The molecule has 90 valence electrons. The Balaban J connectivity index is 2.34. The Kier molecular flexibility index (Phi) is 5.07. The third-order valence-electron chi connectivity index (χ3n) is 3.43. The Hall–Kier alpha value is -0.0800. The Morgan fingerprint density at radius 2 is 2.00 bits per heavy atom. The van der Waals surface area contributed by atoms with Crippen molar-refractivity contribution in [2.24, 2.45) is 17.8 Å². The molecule has 0 radical (unpaired) electrons. The Labute approximate surface area is 94.7 Å². The predicted octanol–water partition coefficient (Wildman–Crippen LogP) is 2.37. The van der Waals surface area contributed by atoms with Crippen LogP contribution in [-0.4, -0.2) is 36.2 Å². The molecule has 1 N–H and O–H groups in total. The molecule has 1 fully saturated rings. The van der Waals surface area contributed by atoms with Crippen LogP contribution in [0.2, 0.25) is 0 Å². The lowest BCUT2D eigenvalue weighted by atomic mass is 9.80. The van der Waals surface area contributed by atoms with E-state index in [4.69, 9.17) is 0 Å². The molecular formula is C13H27NO. The lowest BCUT2D eigenvalue weighted by Gasteiger charge is -2.34. The maximum Gasteiger partial charge on any atom is 0.0580 e. The number of hydrogen-bond acceptors (Lipinski definition) is 2. The Morgan fingerprint density at radius 3 is 2.60 bits per heavy atom. The van der Waals surface area contributed by atoms with Crippen LogP contribution in [-0.2, 0) is 0 Å². The first-order valence-electron chi connectivity index (χ1n) is 6.35. The molecule has 15 heavy (non-hydrogen) atoms. The average molecular weight is 213 g/mol. The monoisotopic (exact) mass is 213 g/mol. The first-order chi connectivity index (χ1) is 6.99. The van der Waals surface area contributed by atoms with Gasteiger partial charge in [-0.3, -0.25) is 0 Å². The van der Waals surface area contributed by atoms with E-state index in [0.717, 1.165) is 25.4 Å². The van der Waals surface area contributed by atoms with Gasteiger partial charge in [0.05, 0.1) is 6.10 Å². The summed E-state index contributed by atoms with van der Waals surface area (Å²) in [4.78, 5) is 2.37. The molecule has 1 aliphatic rings. The maximum absolute atomic E-state index is 9.94. The standard InChI is InChI=1S/C13H27NO/c1-10(2)8-14(4)9-12-7-11(3)5-6-13(12)15/h10-13,15H,5-9H2,1-4H3. The maximum atomic E-state index is 9.94. The van der Waals surface area contributed by atoms with Gasteiger partial charge in [-0.05, 0) is 44.1 Å². The normalized spacial score (nSPS) is 32.6. The van der Waals surface area contributed by atoms with E-state index >= 15 is 0 Å². The van der Waals surface area contributed by atoms with E-state index in [9.17, 15) is 5.11 Å². The molecule has 1 rings (SSSR count). The van der Waals surface area contributed by atoms with Crippen molar-refractivity contribution < 1.29 is 5.11 Å². The molecule has 2 heteroatoms. The molecule has 3 unspecified atom stereocenters. The molecule has 0 aromatic carbocycles. The summed E-state index contributed by atoms with van der Waals surface area (Å²) in [6, 6.07) is 0. The summed E-state index contributed by atoms with van der Waals surface area (Å²) in [5.41, 5.74) is 0. The Bertz CT molecular complexity index is 181. The molecule has 0 aromatic rings. The van der Waals surface area contributed by atoms with Crippen LogP contribution in [0.4, 0.5) is 0 Å². The molecule has 3 atom stereocenters. The lowest BCUT2D eigenvalue weighted by molar-refractivity contribution is 0.0333. The van der Waals surface area contributed by atoms with Crippen molar-refractivity contribution in [3.8, 4) is 0 Å². The van der Waals surface area contributed by atoms with Gasteiger partial charge in [-0.25, -0.2) is 0 Å². The summed E-state index contributed by atoms with van der Waals surface area (Å²) < 4.78 is 0. The van der Waals surface area contributed by atoms with E-state index in [0.29, 0.717) is 11.8 Å². The van der Waals surface area contributed by atoms with Crippen molar-refractivity contribution in [1.29, 1.82) is 0 Å². The van der Waals surface area contributed by atoms with Gasteiger partial charge in [0.15, 0.2) is 0 Å². The van der Waals surface area contributed by atoms with Crippen LogP contribution in [0.15, 0.2) is 0 Å². The average Bonchev–Trinajstić information content (AvgIpc) is 2.10. The van der Waals surface area contributed by atoms with E-state index in [-0.39, 0.29) is 6.10 Å². The summed E-state index contributed by atoms with van der Waals surface area (Å²) in [7, 11) is 2.17. The van der Waals surface area contributed by atoms with E-state index in [1.54, 1.807) is 0 Å². The number of aliphatic hydroxyl groups excluding tert-OH is 1. The van der Waals surface area contributed by atoms with Gasteiger partial charge in [0.2, 0.25) is 0 Å². The lowest BCUT2D eigenvalue weighted by Crippen LogP contribution is -2.38. The summed E-state index contributed by atoms with van der Waals surface area (Å²) >= 11 is 0. The fourth-order valence-electron chi connectivity index (χ4n) is 2.78. The topological polar surface area (TPSA) is 23.5 Å². The molecule has 0 saturated heterocycles. The molecule has 1 saturated carbocycles. The minimum Gasteiger partial charge on any atom is -0.393 e. The van der Waals surface area contributed by atoms with E-state index < -0.39 is 0 Å². The SMILES string of the molecule is CC(C)CN(C)CC1CC(C)CCC1O. The fourth-order valence-corrected chi connectivity index (χ4v) is 2.78. The third kappa shape index (κ3) is 4.52. The van der Waals surface area contributed by atoms with E-state index in [1.807, 2.05) is 0 Å². The van der Waals surface area contributed by atoms with Gasteiger partial charge >= 0.3 is 0 Å². The van der Waals surface area contributed by atoms with Gasteiger partial charge in [-0.2, -0.15) is 0 Å². The predicted molar refractivity (Wildman–Crippen MR) is 64.8 cm³/mol. The molecule has 0 aromatic heterocycles. The second-order valence-electron chi connectivity index (χ2n) is 5.86. The third-order valence-corrected chi connectivity index (χ3v) is 3.43. The first kappa shape index (κ1) is 13.0. The molecule has 0 amide bonds. The molecule has 1 aliphatic carbocycles. The molecule has 0 bridgehead atoms. The number of nitrogens with zero attached hydrogens (tertiary/aromatic N) is 1. The number of hydrogen-bond donors (Lipinski definition) is 1. The minimum absolute atomic E-state index is 0.0594. The molecule has 0 heterocycles. The fraction of sp³-hybridized carbons (Fsp3) is 1.00. The first-order valence-corrected chi connectivity index (χ1v) is 6.35. The van der Waals surface area contributed by atoms with Gasteiger partial charge < -0.3 is 10.0 Å². The quantitative estimate of drug-likeness (QED) is 0.775. The smallest absolute Gasteiger partial charge is 0.0580 e. The summed E-state index contributed by atoms with van der Waals surface area (Å²) in [5, 5.41) is 9.94. The van der Waals surface area contributed by atoms with Crippen molar-refractivity contribution in [2.75, 3.05) is 20.1 Å². The van der Waals surface area contributed by atoms with Crippen LogP contribution in [0.25, 0.3) is 0 Å². The van der Waals surface area contributed by atoms with E-state index in [2.05, 4.69) is 32.7 Å².